The second-order valence-electron chi connectivity index (χ2n) is 7.75. The van der Waals surface area contributed by atoms with E-state index >= 15 is 0 Å². The van der Waals surface area contributed by atoms with Crippen LogP contribution in [-0.2, 0) is 14.3 Å². The molecule has 1 atom stereocenters. The predicted octanol–water partition coefficient (Wildman–Crippen LogP) is 4.46. The molecule has 0 saturated carbocycles. The fourth-order valence-corrected chi connectivity index (χ4v) is 3.74. The zero-order valence-electron chi connectivity index (χ0n) is 18.5. The van der Waals surface area contributed by atoms with Crippen molar-refractivity contribution in [1.82, 2.24) is 4.90 Å². The Labute approximate surface area is 187 Å². The number of aliphatic hydroxyl groups excluding tert-OH is 1. The number of carbonyl (C=O) groups is 2. The van der Waals surface area contributed by atoms with E-state index in [1.54, 1.807) is 30.3 Å². The van der Waals surface area contributed by atoms with Crippen LogP contribution in [-0.4, -0.2) is 47.6 Å². The second-order valence-corrected chi connectivity index (χ2v) is 7.75. The number of aliphatic hydroxyl groups is 1. The van der Waals surface area contributed by atoms with Crippen molar-refractivity contribution in [2.45, 2.75) is 39.3 Å². The highest BCUT2D eigenvalue weighted by molar-refractivity contribution is 6.46. The molecule has 1 N–H and O–H groups in total. The van der Waals surface area contributed by atoms with Crippen LogP contribution in [0.2, 0.25) is 0 Å². The molecule has 0 radical (unpaired) electrons. The monoisotopic (exact) mass is 441 g/mol. The summed E-state index contributed by atoms with van der Waals surface area (Å²) >= 11 is 0. The van der Waals surface area contributed by atoms with Crippen LogP contribution in [0.25, 0.3) is 5.76 Å². The number of benzene rings is 2. The summed E-state index contributed by atoms with van der Waals surface area (Å²) in [6, 6.07) is 11.5. The SMILES string of the molecule is CCOc1cccc(/C(O)=C2/C(=O)C(=O)N(CCCOC(C)C)C2c2ccccc2F)c1. The minimum absolute atomic E-state index is 0.0328. The van der Waals surface area contributed by atoms with Gasteiger partial charge in [0.25, 0.3) is 11.7 Å². The lowest BCUT2D eigenvalue weighted by atomic mass is 9.95. The number of carbonyl (C=O) groups excluding carboxylic acids is 2. The summed E-state index contributed by atoms with van der Waals surface area (Å²) in [7, 11) is 0. The van der Waals surface area contributed by atoms with Crippen LogP contribution in [0.3, 0.4) is 0 Å². The van der Waals surface area contributed by atoms with Gasteiger partial charge in [-0.1, -0.05) is 30.3 Å². The normalized spacial score (nSPS) is 17.9. The van der Waals surface area contributed by atoms with Gasteiger partial charge in [0.2, 0.25) is 0 Å². The summed E-state index contributed by atoms with van der Waals surface area (Å²) in [4.78, 5) is 27.2. The van der Waals surface area contributed by atoms with E-state index in [9.17, 15) is 19.1 Å². The van der Waals surface area contributed by atoms with E-state index in [4.69, 9.17) is 9.47 Å². The zero-order valence-corrected chi connectivity index (χ0v) is 18.5. The number of hydrogen-bond acceptors (Lipinski definition) is 5. The highest BCUT2D eigenvalue weighted by Crippen LogP contribution is 2.40. The number of ether oxygens (including phenoxy) is 2. The van der Waals surface area contributed by atoms with Crippen LogP contribution in [0.4, 0.5) is 4.39 Å². The third-order valence-corrected chi connectivity index (χ3v) is 5.15. The summed E-state index contributed by atoms with van der Waals surface area (Å²) < 4.78 is 25.8. The van der Waals surface area contributed by atoms with Crippen molar-refractivity contribution in [3.63, 3.8) is 0 Å². The lowest BCUT2D eigenvalue weighted by Gasteiger charge is -2.25. The van der Waals surface area contributed by atoms with Gasteiger partial charge in [-0.3, -0.25) is 9.59 Å². The number of halogens is 1. The van der Waals surface area contributed by atoms with Crippen LogP contribution in [0.15, 0.2) is 54.1 Å². The first-order chi connectivity index (χ1) is 15.3. The van der Waals surface area contributed by atoms with Crippen molar-refractivity contribution in [1.29, 1.82) is 0 Å². The van der Waals surface area contributed by atoms with E-state index in [1.807, 2.05) is 20.8 Å². The van der Waals surface area contributed by atoms with Gasteiger partial charge in [0.05, 0.1) is 24.3 Å². The number of amides is 1. The van der Waals surface area contributed by atoms with Gasteiger partial charge in [-0.15, -0.1) is 0 Å². The lowest BCUT2D eigenvalue weighted by molar-refractivity contribution is -0.140. The van der Waals surface area contributed by atoms with Crippen LogP contribution in [0.1, 0.15) is 44.4 Å². The number of likely N-dealkylation sites (tertiary alicyclic amines) is 1. The van der Waals surface area contributed by atoms with E-state index in [-0.39, 0.29) is 29.5 Å². The Kier molecular flexibility index (Phi) is 7.64. The number of rotatable bonds is 9. The number of hydrogen-bond donors (Lipinski definition) is 1. The van der Waals surface area contributed by atoms with Gasteiger partial charge in [-0.05, 0) is 45.4 Å². The van der Waals surface area contributed by atoms with Crippen molar-refractivity contribution >= 4 is 17.4 Å². The Balaban J connectivity index is 2.05. The summed E-state index contributed by atoms with van der Waals surface area (Å²) in [5, 5.41) is 11.1. The molecule has 0 spiro atoms. The molecule has 6 nitrogen and oxygen atoms in total. The van der Waals surface area contributed by atoms with Crippen molar-refractivity contribution in [3.05, 3.63) is 71.0 Å². The third kappa shape index (κ3) is 4.99. The first-order valence-corrected chi connectivity index (χ1v) is 10.7. The van der Waals surface area contributed by atoms with Gasteiger partial charge in [0, 0.05) is 24.3 Å². The van der Waals surface area contributed by atoms with Crippen molar-refractivity contribution < 1.29 is 28.6 Å². The Bertz CT molecular complexity index is 1020. The number of ketones is 1. The number of nitrogens with zero attached hydrogens (tertiary/aromatic N) is 1. The average Bonchev–Trinajstić information content (AvgIpc) is 3.01. The second kappa shape index (κ2) is 10.4. The molecule has 170 valence electrons. The molecule has 0 aliphatic carbocycles. The molecule has 1 unspecified atom stereocenters. The summed E-state index contributed by atoms with van der Waals surface area (Å²) in [6.45, 7) is 6.65. The molecule has 2 aromatic carbocycles. The van der Waals surface area contributed by atoms with E-state index in [0.29, 0.717) is 30.9 Å². The smallest absolute Gasteiger partial charge is 0.295 e. The van der Waals surface area contributed by atoms with Gasteiger partial charge in [-0.25, -0.2) is 4.39 Å². The molecular weight excluding hydrogens is 413 g/mol. The Morgan fingerprint density at radius 1 is 1.16 bits per heavy atom. The van der Waals surface area contributed by atoms with Crippen molar-refractivity contribution in [3.8, 4) is 5.75 Å². The maximum Gasteiger partial charge on any atom is 0.295 e. The van der Waals surface area contributed by atoms with Gasteiger partial charge in [-0.2, -0.15) is 0 Å². The van der Waals surface area contributed by atoms with E-state index in [2.05, 4.69) is 0 Å². The van der Waals surface area contributed by atoms with E-state index in [0.717, 1.165) is 0 Å². The molecule has 1 amide bonds. The maximum absolute atomic E-state index is 14.8. The van der Waals surface area contributed by atoms with Crippen LogP contribution in [0.5, 0.6) is 5.75 Å². The molecular formula is C25H28FNO5. The minimum atomic E-state index is -1.04. The topological polar surface area (TPSA) is 76.1 Å². The van der Waals surface area contributed by atoms with Crippen LogP contribution >= 0.6 is 0 Å². The van der Waals surface area contributed by atoms with Gasteiger partial charge >= 0.3 is 0 Å². The zero-order chi connectivity index (χ0) is 23.3. The molecule has 0 aromatic heterocycles. The molecule has 1 aliphatic heterocycles. The Morgan fingerprint density at radius 3 is 2.59 bits per heavy atom. The highest BCUT2D eigenvalue weighted by atomic mass is 19.1. The van der Waals surface area contributed by atoms with Gasteiger partial charge < -0.3 is 19.5 Å². The molecule has 1 heterocycles. The lowest BCUT2D eigenvalue weighted by Crippen LogP contribution is -2.31. The minimum Gasteiger partial charge on any atom is -0.507 e. The van der Waals surface area contributed by atoms with Crippen molar-refractivity contribution in [2.75, 3.05) is 19.8 Å². The third-order valence-electron chi connectivity index (χ3n) is 5.15. The van der Waals surface area contributed by atoms with E-state index in [1.165, 1.54) is 23.1 Å². The largest absolute Gasteiger partial charge is 0.507 e. The summed E-state index contributed by atoms with van der Waals surface area (Å²) in [5.74, 6) is -2.03. The molecule has 2 aromatic rings. The standard InChI is InChI=1S/C25H28FNO5/c1-4-31-18-10-7-9-17(15-18)23(28)21-22(19-11-5-6-12-20(19)26)27(25(30)24(21)29)13-8-14-32-16(2)3/h5-7,9-12,15-16,22,28H,4,8,13-14H2,1-3H3/b23-21-. The van der Waals surface area contributed by atoms with Gasteiger partial charge in [0.15, 0.2) is 0 Å². The predicted molar refractivity (Wildman–Crippen MR) is 119 cm³/mol. The van der Waals surface area contributed by atoms with Crippen LogP contribution < -0.4 is 4.74 Å². The van der Waals surface area contributed by atoms with E-state index < -0.39 is 23.5 Å². The average molecular weight is 441 g/mol. The molecule has 1 fully saturated rings. The van der Waals surface area contributed by atoms with Crippen molar-refractivity contribution in [2.24, 2.45) is 0 Å². The highest BCUT2D eigenvalue weighted by Gasteiger charge is 2.46. The first-order valence-electron chi connectivity index (χ1n) is 10.7. The molecule has 32 heavy (non-hydrogen) atoms. The molecule has 3 rings (SSSR count). The summed E-state index contributed by atoms with van der Waals surface area (Å²) in [6.07, 6.45) is 0.501. The quantitative estimate of drug-likeness (QED) is 0.269. The maximum atomic E-state index is 14.8. The molecule has 1 aliphatic rings. The Hall–Kier alpha value is -3.19. The summed E-state index contributed by atoms with van der Waals surface area (Å²) in [5.41, 5.74) is 0.330. The Morgan fingerprint density at radius 2 is 1.91 bits per heavy atom. The van der Waals surface area contributed by atoms with Gasteiger partial charge in [0.1, 0.15) is 17.3 Å². The number of Topliss-reactive ketones (excluding diaryl/α,β-unsaturated/α-hetero) is 1. The molecule has 1 saturated heterocycles. The fraction of sp³-hybridized carbons (Fsp3) is 0.360. The van der Waals surface area contributed by atoms with Crippen LogP contribution in [0, 0.1) is 5.82 Å². The first kappa shape index (κ1) is 23.5. The molecule has 7 heteroatoms. The fourth-order valence-electron chi connectivity index (χ4n) is 3.74. The molecule has 0 bridgehead atoms.